The second-order valence-corrected chi connectivity index (χ2v) is 4.58. The van der Waals surface area contributed by atoms with Gasteiger partial charge in [0.2, 0.25) is 0 Å². The van der Waals surface area contributed by atoms with Crippen LogP contribution in [0, 0.1) is 13.8 Å². The highest BCUT2D eigenvalue weighted by molar-refractivity contribution is 6.30. The third-order valence-corrected chi connectivity index (χ3v) is 2.82. The van der Waals surface area contributed by atoms with Gasteiger partial charge in [-0.05, 0) is 49.2 Å². The van der Waals surface area contributed by atoms with Crippen LogP contribution >= 0.6 is 11.6 Å². The Kier molecular flexibility index (Phi) is 3.46. The van der Waals surface area contributed by atoms with E-state index in [1.165, 1.54) is 0 Å². The molecule has 1 N–H and O–H groups in total. The quantitative estimate of drug-likeness (QED) is 0.882. The van der Waals surface area contributed by atoms with Crippen LogP contribution in [0.15, 0.2) is 36.4 Å². The van der Waals surface area contributed by atoms with Crippen LogP contribution in [0.1, 0.15) is 28.6 Å². The number of nitrogens with zero attached hydrogens (tertiary/aromatic N) is 1. The zero-order valence-electron chi connectivity index (χ0n) is 9.81. The topological polar surface area (TPSA) is 33.1 Å². The van der Waals surface area contributed by atoms with Crippen LogP contribution < -0.4 is 0 Å². The van der Waals surface area contributed by atoms with Crippen molar-refractivity contribution in [3.05, 3.63) is 63.9 Å². The lowest BCUT2D eigenvalue weighted by atomic mass is 10.0. The van der Waals surface area contributed by atoms with E-state index in [4.69, 9.17) is 11.6 Å². The van der Waals surface area contributed by atoms with E-state index in [0.717, 1.165) is 22.5 Å². The average Bonchev–Trinajstić information content (AvgIpc) is 2.26. The number of aryl methyl sites for hydroxylation is 2. The van der Waals surface area contributed by atoms with Crippen LogP contribution in [0.3, 0.4) is 0 Å². The normalized spacial score (nSPS) is 12.5. The van der Waals surface area contributed by atoms with Crippen LogP contribution in [0.2, 0.25) is 5.02 Å². The molecule has 0 saturated heterocycles. The molecule has 0 saturated carbocycles. The van der Waals surface area contributed by atoms with Gasteiger partial charge in [-0.2, -0.15) is 0 Å². The number of hydrogen-bond donors (Lipinski definition) is 1. The number of hydrogen-bond acceptors (Lipinski definition) is 2. The molecule has 1 aromatic heterocycles. The molecule has 1 aromatic carbocycles. The van der Waals surface area contributed by atoms with Crippen molar-refractivity contribution in [2.45, 2.75) is 20.0 Å². The van der Waals surface area contributed by atoms with E-state index in [1.54, 1.807) is 12.1 Å². The molecular formula is C14H14ClNO. The third kappa shape index (κ3) is 2.84. The smallest absolute Gasteiger partial charge is 0.104 e. The maximum Gasteiger partial charge on any atom is 0.104 e. The fraction of sp³-hybridized carbons (Fsp3) is 0.214. The van der Waals surface area contributed by atoms with Crippen molar-refractivity contribution in [1.82, 2.24) is 4.98 Å². The van der Waals surface area contributed by atoms with E-state index in [1.807, 2.05) is 38.1 Å². The molecule has 0 aliphatic rings. The first-order valence-electron chi connectivity index (χ1n) is 5.45. The minimum atomic E-state index is -0.658. The minimum Gasteiger partial charge on any atom is -0.384 e. The first-order valence-corrected chi connectivity index (χ1v) is 5.83. The third-order valence-electron chi connectivity index (χ3n) is 2.58. The number of halogens is 1. The van der Waals surface area contributed by atoms with Crippen molar-refractivity contribution >= 4 is 11.6 Å². The van der Waals surface area contributed by atoms with Crippen molar-refractivity contribution < 1.29 is 5.11 Å². The Hall–Kier alpha value is -1.38. The maximum absolute atomic E-state index is 10.3. The van der Waals surface area contributed by atoms with E-state index >= 15 is 0 Å². The monoisotopic (exact) mass is 247 g/mol. The number of benzene rings is 1. The summed E-state index contributed by atoms with van der Waals surface area (Å²) in [6.45, 7) is 3.84. The van der Waals surface area contributed by atoms with E-state index in [0.29, 0.717) is 5.02 Å². The number of rotatable bonds is 2. The predicted molar refractivity (Wildman–Crippen MR) is 69.2 cm³/mol. The average molecular weight is 248 g/mol. The van der Waals surface area contributed by atoms with E-state index < -0.39 is 6.10 Å². The molecule has 2 rings (SSSR count). The lowest BCUT2D eigenvalue weighted by Crippen LogP contribution is -2.01. The number of aliphatic hydroxyl groups is 1. The first-order chi connectivity index (χ1) is 8.06. The summed E-state index contributed by atoms with van der Waals surface area (Å²) >= 11 is 5.92. The summed E-state index contributed by atoms with van der Waals surface area (Å²) in [5.41, 5.74) is 3.45. The van der Waals surface area contributed by atoms with E-state index in [9.17, 15) is 5.11 Å². The van der Waals surface area contributed by atoms with Gasteiger partial charge >= 0.3 is 0 Å². The van der Waals surface area contributed by atoms with Gasteiger partial charge in [0.15, 0.2) is 0 Å². The lowest BCUT2D eigenvalue weighted by molar-refractivity contribution is 0.220. The molecule has 0 aliphatic carbocycles. The summed E-state index contributed by atoms with van der Waals surface area (Å²) in [7, 11) is 0. The van der Waals surface area contributed by atoms with Crippen molar-refractivity contribution in [3.8, 4) is 0 Å². The van der Waals surface area contributed by atoms with Gasteiger partial charge in [-0.15, -0.1) is 0 Å². The lowest BCUT2D eigenvalue weighted by Gasteiger charge is -2.13. The molecule has 3 heteroatoms. The highest BCUT2D eigenvalue weighted by Gasteiger charge is 2.11. The molecule has 1 heterocycles. The van der Waals surface area contributed by atoms with Crippen LogP contribution in [0.5, 0.6) is 0 Å². The molecule has 0 radical (unpaired) electrons. The number of aliphatic hydroxyl groups excluding tert-OH is 1. The van der Waals surface area contributed by atoms with Crippen LogP contribution in [-0.4, -0.2) is 10.1 Å². The van der Waals surface area contributed by atoms with Crippen molar-refractivity contribution in [3.63, 3.8) is 0 Å². The Morgan fingerprint density at radius 3 is 2.29 bits per heavy atom. The molecule has 0 amide bonds. The highest BCUT2D eigenvalue weighted by Crippen LogP contribution is 2.24. The predicted octanol–water partition coefficient (Wildman–Crippen LogP) is 3.43. The molecule has 17 heavy (non-hydrogen) atoms. The zero-order valence-corrected chi connectivity index (χ0v) is 10.6. The summed E-state index contributed by atoms with van der Waals surface area (Å²) < 4.78 is 0. The molecule has 2 aromatic rings. The fourth-order valence-electron chi connectivity index (χ4n) is 1.89. The Morgan fingerprint density at radius 1 is 1.06 bits per heavy atom. The Balaban J connectivity index is 2.39. The fourth-order valence-corrected chi connectivity index (χ4v) is 2.09. The SMILES string of the molecule is Cc1cc(C(O)c2cccc(Cl)c2)cc(C)n1. The van der Waals surface area contributed by atoms with E-state index in [2.05, 4.69) is 4.98 Å². The maximum atomic E-state index is 10.3. The van der Waals surface area contributed by atoms with Gasteiger partial charge in [-0.25, -0.2) is 0 Å². The van der Waals surface area contributed by atoms with Crippen molar-refractivity contribution in [2.24, 2.45) is 0 Å². The minimum absolute atomic E-state index is 0.629. The Labute approximate surface area is 106 Å². The van der Waals surface area contributed by atoms with Crippen LogP contribution in [0.25, 0.3) is 0 Å². The molecule has 1 atom stereocenters. The van der Waals surface area contributed by atoms with Gasteiger partial charge in [0.05, 0.1) is 0 Å². The summed E-state index contributed by atoms with van der Waals surface area (Å²) in [4.78, 5) is 4.29. The second kappa shape index (κ2) is 4.86. The highest BCUT2D eigenvalue weighted by atomic mass is 35.5. The van der Waals surface area contributed by atoms with Gasteiger partial charge in [0, 0.05) is 16.4 Å². The molecule has 0 fully saturated rings. The van der Waals surface area contributed by atoms with E-state index in [-0.39, 0.29) is 0 Å². The number of aromatic nitrogens is 1. The van der Waals surface area contributed by atoms with Gasteiger partial charge in [0.25, 0.3) is 0 Å². The summed E-state index contributed by atoms with van der Waals surface area (Å²) in [5.74, 6) is 0. The van der Waals surface area contributed by atoms with Gasteiger partial charge in [-0.1, -0.05) is 23.7 Å². The summed E-state index contributed by atoms with van der Waals surface area (Å²) in [6.07, 6.45) is -0.658. The van der Waals surface area contributed by atoms with Gasteiger partial charge in [-0.3, -0.25) is 4.98 Å². The molecule has 0 bridgehead atoms. The molecule has 1 unspecified atom stereocenters. The van der Waals surface area contributed by atoms with Crippen molar-refractivity contribution in [2.75, 3.05) is 0 Å². The summed E-state index contributed by atoms with van der Waals surface area (Å²) in [5, 5.41) is 10.9. The molecule has 88 valence electrons. The standard InChI is InChI=1S/C14H14ClNO/c1-9-6-12(7-10(2)16-9)14(17)11-4-3-5-13(15)8-11/h3-8,14,17H,1-2H3. The number of pyridine rings is 1. The zero-order chi connectivity index (χ0) is 12.4. The van der Waals surface area contributed by atoms with Crippen LogP contribution in [0.4, 0.5) is 0 Å². The molecular weight excluding hydrogens is 234 g/mol. The van der Waals surface area contributed by atoms with Gasteiger partial charge in [0.1, 0.15) is 6.10 Å². The Morgan fingerprint density at radius 2 is 1.71 bits per heavy atom. The van der Waals surface area contributed by atoms with Gasteiger partial charge < -0.3 is 5.11 Å². The summed E-state index contributed by atoms with van der Waals surface area (Å²) in [6, 6.07) is 11.0. The Bertz CT molecular complexity index is 519. The first kappa shape index (κ1) is 12.1. The second-order valence-electron chi connectivity index (χ2n) is 4.14. The molecule has 0 aliphatic heterocycles. The van der Waals surface area contributed by atoms with Crippen LogP contribution in [-0.2, 0) is 0 Å². The molecule has 2 nitrogen and oxygen atoms in total. The van der Waals surface area contributed by atoms with Crippen molar-refractivity contribution in [1.29, 1.82) is 0 Å². The largest absolute Gasteiger partial charge is 0.384 e. The molecule has 0 spiro atoms.